The third-order valence-electron chi connectivity index (χ3n) is 6.91. The Kier molecular flexibility index (Phi) is 5.24. The van der Waals surface area contributed by atoms with Crippen LogP contribution < -0.4 is 14.2 Å². The van der Waals surface area contributed by atoms with Gasteiger partial charge in [-0.3, -0.25) is 0 Å². The molecule has 2 aromatic carbocycles. The number of hydrogen-bond acceptors (Lipinski definition) is 4. The molecule has 0 spiro atoms. The van der Waals surface area contributed by atoms with E-state index in [2.05, 4.69) is 61.9 Å². The molecule has 0 unspecified atom stereocenters. The standard InChI is InChI=1S/C28H31N3O3/c1-18(2)21-9-7-19(3)14-25(21)34-17-27-29-31-16-23(22-6-4-5-11-30(27)28(22)31)20-8-10-24-26(15-20)33-13-12-32-24/h7-10,14-16,18H,4-6,11-13,17H2,1-3H3. The Balaban J connectivity index is 1.36. The normalized spacial score (nSPS) is 15.1. The Morgan fingerprint density at radius 1 is 1.03 bits per heavy atom. The molecule has 2 aliphatic heterocycles. The van der Waals surface area contributed by atoms with Crippen molar-refractivity contribution >= 4 is 5.65 Å². The van der Waals surface area contributed by atoms with E-state index in [-0.39, 0.29) is 0 Å². The molecule has 6 heteroatoms. The van der Waals surface area contributed by atoms with Crippen molar-refractivity contribution in [1.29, 1.82) is 0 Å². The lowest BCUT2D eigenvalue weighted by molar-refractivity contribution is 0.171. The summed E-state index contributed by atoms with van der Waals surface area (Å²) >= 11 is 0. The zero-order chi connectivity index (χ0) is 23.2. The van der Waals surface area contributed by atoms with Crippen LogP contribution in [0.5, 0.6) is 17.2 Å². The van der Waals surface area contributed by atoms with Gasteiger partial charge >= 0.3 is 0 Å². The van der Waals surface area contributed by atoms with Crippen LogP contribution in [-0.4, -0.2) is 27.4 Å². The molecule has 0 saturated carbocycles. The van der Waals surface area contributed by atoms with E-state index in [1.54, 1.807) is 0 Å². The molecule has 0 atom stereocenters. The van der Waals surface area contributed by atoms with Crippen LogP contribution in [0.1, 0.15) is 55.1 Å². The number of ether oxygens (including phenoxy) is 3. The molecule has 0 radical (unpaired) electrons. The maximum absolute atomic E-state index is 6.36. The summed E-state index contributed by atoms with van der Waals surface area (Å²) in [5.41, 5.74) is 7.36. The van der Waals surface area contributed by atoms with Gasteiger partial charge in [-0.05, 0) is 67.0 Å². The quantitative estimate of drug-likeness (QED) is 0.373. The Bertz CT molecular complexity index is 1370. The minimum absolute atomic E-state index is 0.410. The van der Waals surface area contributed by atoms with Gasteiger partial charge in [-0.1, -0.05) is 32.0 Å². The summed E-state index contributed by atoms with van der Waals surface area (Å²) in [6.07, 6.45) is 5.50. The molecule has 0 N–H and O–H groups in total. The highest BCUT2D eigenvalue weighted by Gasteiger charge is 2.24. The number of fused-ring (bicyclic) bond motifs is 1. The predicted molar refractivity (Wildman–Crippen MR) is 132 cm³/mol. The fraction of sp³-hybridized carbons (Fsp3) is 0.393. The second kappa shape index (κ2) is 8.42. The second-order valence-electron chi connectivity index (χ2n) is 9.66. The highest BCUT2D eigenvalue weighted by molar-refractivity contribution is 5.77. The van der Waals surface area contributed by atoms with Crippen molar-refractivity contribution in [2.45, 2.75) is 59.1 Å². The Hall–Kier alpha value is -3.41. The lowest BCUT2D eigenvalue weighted by atomic mass is 10.0. The number of aromatic nitrogens is 3. The molecule has 176 valence electrons. The lowest BCUT2D eigenvalue weighted by Crippen LogP contribution is -2.15. The average Bonchev–Trinajstić information content (AvgIpc) is 3.26. The second-order valence-corrected chi connectivity index (χ2v) is 9.66. The van der Waals surface area contributed by atoms with Crippen LogP contribution in [-0.2, 0) is 19.6 Å². The average molecular weight is 458 g/mol. The first-order valence-corrected chi connectivity index (χ1v) is 12.3. The van der Waals surface area contributed by atoms with Gasteiger partial charge in [-0.2, -0.15) is 0 Å². The predicted octanol–water partition coefficient (Wildman–Crippen LogP) is 5.92. The number of benzene rings is 2. The van der Waals surface area contributed by atoms with E-state index in [0.29, 0.717) is 25.7 Å². The molecule has 0 amide bonds. The summed E-state index contributed by atoms with van der Waals surface area (Å²) in [4.78, 5) is 0. The minimum Gasteiger partial charge on any atom is -0.486 e. The summed E-state index contributed by atoms with van der Waals surface area (Å²) in [6.45, 7) is 9.14. The third-order valence-corrected chi connectivity index (χ3v) is 6.91. The highest BCUT2D eigenvalue weighted by atomic mass is 16.6. The number of nitrogens with zero attached hydrogens (tertiary/aromatic N) is 3. The van der Waals surface area contributed by atoms with Crippen LogP contribution in [0.15, 0.2) is 42.6 Å². The van der Waals surface area contributed by atoms with Gasteiger partial charge in [-0.15, -0.1) is 5.10 Å². The molecule has 6 rings (SSSR count). The Morgan fingerprint density at radius 2 is 1.88 bits per heavy atom. The number of hydrogen-bond donors (Lipinski definition) is 0. The topological polar surface area (TPSA) is 49.9 Å². The van der Waals surface area contributed by atoms with E-state index in [1.807, 2.05) is 10.6 Å². The molecular weight excluding hydrogens is 426 g/mol. The molecule has 0 bridgehead atoms. The SMILES string of the molecule is Cc1ccc(C(C)C)c(OCc2nn3cc(-c4ccc5c(c4)OCCO5)c4c3n2CCCC4)c1. The fourth-order valence-electron chi connectivity index (χ4n) is 5.19. The first kappa shape index (κ1) is 21.1. The summed E-state index contributed by atoms with van der Waals surface area (Å²) in [5.74, 6) is 3.99. The van der Waals surface area contributed by atoms with Crippen LogP contribution in [0.25, 0.3) is 16.8 Å². The number of rotatable bonds is 5. The lowest BCUT2D eigenvalue weighted by Gasteiger charge is -2.19. The molecule has 4 aromatic rings. The van der Waals surface area contributed by atoms with Gasteiger partial charge in [0, 0.05) is 23.9 Å². The van der Waals surface area contributed by atoms with Gasteiger partial charge in [0.1, 0.15) is 31.2 Å². The summed E-state index contributed by atoms with van der Waals surface area (Å²) in [6, 6.07) is 12.7. The van der Waals surface area contributed by atoms with Gasteiger partial charge in [0.05, 0.1) is 0 Å². The van der Waals surface area contributed by atoms with Crippen molar-refractivity contribution in [3.63, 3.8) is 0 Å². The fourth-order valence-corrected chi connectivity index (χ4v) is 5.19. The van der Waals surface area contributed by atoms with E-state index >= 15 is 0 Å². The molecule has 2 aliphatic rings. The van der Waals surface area contributed by atoms with Crippen LogP contribution in [0.3, 0.4) is 0 Å². The molecule has 2 aromatic heterocycles. The van der Waals surface area contributed by atoms with E-state index in [4.69, 9.17) is 19.3 Å². The van der Waals surface area contributed by atoms with E-state index in [0.717, 1.165) is 54.4 Å². The third kappa shape index (κ3) is 3.61. The zero-order valence-corrected chi connectivity index (χ0v) is 20.1. The first-order valence-electron chi connectivity index (χ1n) is 12.3. The Morgan fingerprint density at radius 3 is 2.74 bits per heavy atom. The van der Waals surface area contributed by atoms with E-state index < -0.39 is 0 Å². The van der Waals surface area contributed by atoms with Crippen LogP contribution in [0, 0.1) is 6.92 Å². The molecule has 0 aliphatic carbocycles. The van der Waals surface area contributed by atoms with Crippen LogP contribution >= 0.6 is 0 Å². The van der Waals surface area contributed by atoms with Gasteiger partial charge in [0.15, 0.2) is 17.3 Å². The van der Waals surface area contributed by atoms with Crippen molar-refractivity contribution in [3.8, 4) is 28.4 Å². The minimum atomic E-state index is 0.410. The van der Waals surface area contributed by atoms with Gasteiger partial charge < -0.3 is 18.8 Å². The first-order chi connectivity index (χ1) is 16.6. The monoisotopic (exact) mass is 457 g/mol. The molecule has 34 heavy (non-hydrogen) atoms. The smallest absolute Gasteiger partial charge is 0.169 e. The molecule has 0 fully saturated rings. The molecule has 6 nitrogen and oxygen atoms in total. The molecule has 4 heterocycles. The van der Waals surface area contributed by atoms with Crippen molar-refractivity contribution in [1.82, 2.24) is 14.2 Å². The van der Waals surface area contributed by atoms with Gasteiger partial charge in [0.2, 0.25) is 0 Å². The Labute approximate surface area is 200 Å². The summed E-state index contributed by atoms with van der Waals surface area (Å²) in [7, 11) is 0. The summed E-state index contributed by atoms with van der Waals surface area (Å²) in [5, 5.41) is 4.97. The van der Waals surface area contributed by atoms with Crippen molar-refractivity contribution in [2.75, 3.05) is 13.2 Å². The summed E-state index contributed by atoms with van der Waals surface area (Å²) < 4.78 is 22.3. The van der Waals surface area contributed by atoms with Gasteiger partial charge in [-0.25, -0.2) is 4.52 Å². The molecule has 0 saturated heterocycles. The van der Waals surface area contributed by atoms with Crippen molar-refractivity contribution in [3.05, 3.63) is 65.1 Å². The van der Waals surface area contributed by atoms with Crippen LogP contribution in [0.2, 0.25) is 0 Å². The van der Waals surface area contributed by atoms with Crippen molar-refractivity contribution < 1.29 is 14.2 Å². The van der Waals surface area contributed by atoms with E-state index in [9.17, 15) is 0 Å². The number of aryl methyl sites for hydroxylation is 3. The van der Waals surface area contributed by atoms with Gasteiger partial charge in [0.25, 0.3) is 0 Å². The highest BCUT2D eigenvalue weighted by Crippen LogP contribution is 2.38. The zero-order valence-electron chi connectivity index (χ0n) is 20.1. The van der Waals surface area contributed by atoms with Crippen molar-refractivity contribution in [2.24, 2.45) is 0 Å². The maximum atomic E-state index is 6.36. The molecular formula is C28H31N3O3. The van der Waals surface area contributed by atoms with E-state index in [1.165, 1.54) is 27.9 Å². The maximum Gasteiger partial charge on any atom is 0.169 e. The van der Waals surface area contributed by atoms with Crippen LogP contribution in [0.4, 0.5) is 0 Å². The largest absolute Gasteiger partial charge is 0.486 e.